The number of rotatable bonds is 3. The topological polar surface area (TPSA) is 68.4 Å². The van der Waals surface area contributed by atoms with Crippen LogP contribution in [0.1, 0.15) is 5.69 Å². The monoisotopic (exact) mass is 368 g/mol. The zero-order valence-corrected chi connectivity index (χ0v) is 14.2. The van der Waals surface area contributed by atoms with Gasteiger partial charge >= 0.3 is 0 Å². The third-order valence-electron chi connectivity index (χ3n) is 4.20. The first-order valence-corrected chi connectivity index (χ1v) is 8.17. The fourth-order valence-electron chi connectivity index (χ4n) is 3.02. The van der Waals surface area contributed by atoms with E-state index in [1.54, 1.807) is 41.8 Å². The molecule has 0 atom stereocenters. The Morgan fingerprint density at radius 3 is 2.70 bits per heavy atom. The van der Waals surface area contributed by atoms with E-state index in [2.05, 4.69) is 10.4 Å². The average Bonchev–Trinajstić information content (AvgIpc) is 3.03. The molecule has 1 amide bonds. The Labute approximate surface area is 151 Å². The van der Waals surface area contributed by atoms with Crippen molar-refractivity contribution in [2.24, 2.45) is 0 Å². The van der Waals surface area contributed by atoms with Crippen LogP contribution < -0.4 is 10.9 Å². The Kier molecular flexibility index (Phi) is 3.95. The van der Waals surface area contributed by atoms with Gasteiger partial charge < -0.3 is 5.32 Å². The summed E-state index contributed by atoms with van der Waals surface area (Å²) in [6.45, 7) is 1.44. The van der Waals surface area contributed by atoms with Gasteiger partial charge in [0.05, 0.1) is 22.3 Å². The van der Waals surface area contributed by atoms with E-state index in [9.17, 15) is 18.4 Å². The van der Waals surface area contributed by atoms with E-state index in [-0.39, 0.29) is 17.8 Å². The summed E-state index contributed by atoms with van der Waals surface area (Å²) in [5, 5.41) is 7.16. The van der Waals surface area contributed by atoms with Gasteiger partial charge in [-0.25, -0.2) is 13.3 Å². The summed E-state index contributed by atoms with van der Waals surface area (Å²) in [4.78, 5) is 25.3. The molecule has 0 bridgehead atoms. The number of fused-ring (bicyclic) bond motifs is 3. The van der Waals surface area contributed by atoms with Crippen molar-refractivity contribution >= 4 is 28.1 Å². The van der Waals surface area contributed by atoms with Crippen LogP contribution in [0.15, 0.2) is 53.3 Å². The second-order valence-electron chi connectivity index (χ2n) is 6.14. The lowest BCUT2D eigenvalue weighted by Gasteiger charge is -2.11. The molecule has 0 saturated heterocycles. The molecule has 136 valence electrons. The largest absolute Gasteiger partial charge is 0.322 e. The van der Waals surface area contributed by atoms with Crippen molar-refractivity contribution in [2.75, 3.05) is 5.32 Å². The van der Waals surface area contributed by atoms with Crippen LogP contribution in [0, 0.1) is 18.6 Å². The van der Waals surface area contributed by atoms with Crippen LogP contribution in [0.25, 0.3) is 16.6 Å². The quantitative estimate of drug-likeness (QED) is 0.605. The lowest BCUT2D eigenvalue weighted by Crippen LogP contribution is -2.29. The third kappa shape index (κ3) is 2.95. The zero-order valence-electron chi connectivity index (χ0n) is 14.2. The van der Waals surface area contributed by atoms with Gasteiger partial charge in [0.15, 0.2) is 0 Å². The highest BCUT2D eigenvalue weighted by Gasteiger charge is 2.16. The molecular weight excluding hydrogens is 354 g/mol. The second kappa shape index (κ2) is 6.31. The van der Waals surface area contributed by atoms with Crippen molar-refractivity contribution < 1.29 is 13.6 Å². The van der Waals surface area contributed by atoms with Crippen LogP contribution >= 0.6 is 0 Å². The predicted octanol–water partition coefficient (Wildman–Crippen LogP) is 2.87. The van der Waals surface area contributed by atoms with Crippen LogP contribution in [0.4, 0.5) is 14.5 Å². The molecule has 4 aromatic rings. The summed E-state index contributed by atoms with van der Waals surface area (Å²) in [7, 11) is 0. The van der Waals surface area contributed by atoms with Gasteiger partial charge in [-0.05, 0) is 31.2 Å². The normalized spacial score (nSPS) is 11.2. The van der Waals surface area contributed by atoms with Crippen molar-refractivity contribution in [1.29, 1.82) is 0 Å². The maximum absolute atomic E-state index is 13.8. The minimum Gasteiger partial charge on any atom is -0.322 e. The Bertz CT molecular complexity index is 1260. The number of benzene rings is 2. The van der Waals surface area contributed by atoms with Crippen LogP contribution in [0.2, 0.25) is 0 Å². The summed E-state index contributed by atoms with van der Waals surface area (Å²) >= 11 is 0. The molecule has 27 heavy (non-hydrogen) atoms. The fraction of sp³-hybridized carbons (Fsp3) is 0.105. The van der Waals surface area contributed by atoms with E-state index >= 15 is 0 Å². The summed E-state index contributed by atoms with van der Waals surface area (Å²) < 4.78 is 29.6. The predicted molar refractivity (Wildman–Crippen MR) is 96.7 cm³/mol. The number of hydrogen-bond donors (Lipinski definition) is 1. The molecule has 0 aliphatic carbocycles. The Hall–Kier alpha value is -3.55. The first-order valence-electron chi connectivity index (χ1n) is 8.17. The van der Waals surface area contributed by atoms with Gasteiger partial charge in [-0.2, -0.15) is 5.10 Å². The first kappa shape index (κ1) is 16.9. The molecule has 0 spiro atoms. The lowest BCUT2D eigenvalue weighted by atomic mass is 10.2. The molecule has 0 saturated carbocycles. The molecule has 2 aromatic carbocycles. The highest BCUT2D eigenvalue weighted by Crippen LogP contribution is 2.16. The number of aromatic nitrogens is 3. The smallest absolute Gasteiger partial charge is 0.262 e. The summed E-state index contributed by atoms with van der Waals surface area (Å²) in [6, 6.07) is 11.5. The molecule has 8 heteroatoms. The average molecular weight is 368 g/mol. The van der Waals surface area contributed by atoms with E-state index in [0.717, 1.165) is 12.1 Å². The van der Waals surface area contributed by atoms with Gasteiger partial charge in [0, 0.05) is 12.1 Å². The second-order valence-corrected chi connectivity index (χ2v) is 6.14. The Morgan fingerprint density at radius 1 is 1.15 bits per heavy atom. The molecule has 0 aliphatic heterocycles. The standard InChI is InChI=1S/C19H14F2N4O2/c1-11-8-18-24(10-17(26)22-15-7-6-12(20)9-14(15)21)19(27)13-4-2-3-5-16(13)25(18)23-11/h2-9H,10H2,1H3,(H,22,26). The van der Waals surface area contributed by atoms with Crippen molar-refractivity contribution in [1.82, 2.24) is 14.2 Å². The number of halogens is 2. The number of carbonyl (C=O) groups is 1. The van der Waals surface area contributed by atoms with E-state index < -0.39 is 17.5 Å². The molecular formula is C19H14F2N4O2. The molecule has 4 rings (SSSR count). The van der Waals surface area contributed by atoms with E-state index in [1.807, 2.05) is 0 Å². The summed E-state index contributed by atoms with van der Waals surface area (Å²) in [6.07, 6.45) is 0. The van der Waals surface area contributed by atoms with Crippen molar-refractivity contribution in [3.8, 4) is 0 Å². The van der Waals surface area contributed by atoms with Crippen LogP contribution in [0.5, 0.6) is 0 Å². The van der Waals surface area contributed by atoms with E-state index in [4.69, 9.17) is 0 Å². The molecule has 0 fully saturated rings. The molecule has 2 heterocycles. The number of para-hydroxylation sites is 1. The number of carbonyl (C=O) groups excluding carboxylic acids is 1. The molecule has 1 N–H and O–H groups in total. The highest BCUT2D eigenvalue weighted by atomic mass is 19.1. The van der Waals surface area contributed by atoms with Gasteiger partial charge in [0.2, 0.25) is 5.91 Å². The number of hydrogen-bond acceptors (Lipinski definition) is 3. The zero-order chi connectivity index (χ0) is 19.1. The maximum atomic E-state index is 13.8. The van der Waals surface area contributed by atoms with Gasteiger partial charge in [0.1, 0.15) is 23.8 Å². The Morgan fingerprint density at radius 2 is 1.93 bits per heavy atom. The summed E-state index contributed by atoms with van der Waals surface area (Å²) in [5.74, 6) is -2.24. The molecule has 0 aliphatic rings. The van der Waals surface area contributed by atoms with Crippen molar-refractivity contribution in [3.63, 3.8) is 0 Å². The number of nitrogens with zero attached hydrogens (tertiary/aromatic N) is 3. The van der Waals surface area contributed by atoms with Crippen LogP contribution in [-0.2, 0) is 11.3 Å². The summed E-state index contributed by atoms with van der Waals surface area (Å²) in [5.41, 5.74) is 1.26. The van der Waals surface area contributed by atoms with E-state index in [1.165, 1.54) is 4.57 Å². The van der Waals surface area contributed by atoms with Gasteiger partial charge in [-0.15, -0.1) is 0 Å². The number of amides is 1. The minimum atomic E-state index is -0.889. The van der Waals surface area contributed by atoms with Gasteiger partial charge in [-0.3, -0.25) is 14.2 Å². The van der Waals surface area contributed by atoms with E-state index in [0.29, 0.717) is 28.3 Å². The number of anilines is 1. The first-order chi connectivity index (χ1) is 12.9. The molecule has 6 nitrogen and oxygen atoms in total. The van der Waals surface area contributed by atoms with Crippen molar-refractivity contribution in [3.05, 3.63) is 76.2 Å². The Balaban J connectivity index is 1.77. The van der Waals surface area contributed by atoms with Crippen LogP contribution in [-0.4, -0.2) is 20.1 Å². The fourth-order valence-corrected chi connectivity index (χ4v) is 3.02. The molecule has 0 unspecified atom stereocenters. The van der Waals surface area contributed by atoms with Gasteiger partial charge in [-0.1, -0.05) is 12.1 Å². The van der Waals surface area contributed by atoms with Gasteiger partial charge in [0.25, 0.3) is 5.56 Å². The number of nitrogens with one attached hydrogen (secondary N) is 1. The highest BCUT2D eigenvalue weighted by molar-refractivity contribution is 5.91. The SMILES string of the molecule is Cc1cc2n(CC(=O)Nc3ccc(F)cc3F)c(=O)c3ccccc3n2n1. The van der Waals surface area contributed by atoms with Crippen molar-refractivity contribution in [2.45, 2.75) is 13.5 Å². The minimum absolute atomic E-state index is 0.157. The molecule has 0 radical (unpaired) electrons. The lowest BCUT2D eigenvalue weighted by molar-refractivity contribution is -0.116. The van der Waals surface area contributed by atoms with Crippen LogP contribution in [0.3, 0.4) is 0 Å². The number of aryl methyl sites for hydroxylation is 1. The maximum Gasteiger partial charge on any atom is 0.262 e. The third-order valence-corrected chi connectivity index (χ3v) is 4.20. The molecule has 2 aromatic heterocycles.